The first kappa shape index (κ1) is 13.5. The number of hydrogen-bond donors (Lipinski definition) is 0. The Bertz CT molecular complexity index is 840. The molecule has 0 aliphatic carbocycles. The summed E-state index contributed by atoms with van der Waals surface area (Å²) in [4.78, 5) is 17.8. The second-order valence-corrected chi connectivity index (χ2v) is 6.35. The summed E-state index contributed by atoms with van der Waals surface area (Å²) in [5.74, 6) is 0.994. The minimum Gasteiger partial charge on any atom is -0.330 e. The van der Waals surface area contributed by atoms with Gasteiger partial charge in [0.1, 0.15) is 22.6 Å². The SMILES string of the molecule is Cn1cnc2ncnc(C3=NC(Cc4ccccc4)CS3)c21. The summed E-state index contributed by atoms with van der Waals surface area (Å²) in [5, 5.41) is 0.997. The van der Waals surface area contributed by atoms with Crippen LogP contribution in [0, 0.1) is 0 Å². The molecular weight excluding hydrogens is 294 g/mol. The molecule has 1 unspecified atom stereocenters. The maximum absolute atomic E-state index is 4.87. The quantitative estimate of drug-likeness (QED) is 0.746. The van der Waals surface area contributed by atoms with Gasteiger partial charge < -0.3 is 4.57 Å². The number of rotatable bonds is 3. The lowest BCUT2D eigenvalue weighted by Gasteiger charge is -2.05. The van der Waals surface area contributed by atoms with Crippen LogP contribution >= 0.6 is 11.8 Å². The van der Waals surface area contributed by atoms with Crippen LogP contribution in [-0.2, 0) is 13.5 Å². The first-order valence-electron chi connectivity index (χ1n) is 7.18. The highest BCUT2D eigenvalue weighted by molar-refractivity contribution is 8.14. The van der Waals surface area contributed by atoms with Gasteiger partial charge in [0.2, 0.25) is 0 Å². The summed E-state index contributed by atoms with van der Waals surface area (Å²) in [6, 6.07) is 10.8. The average molecular weight is 309 g/mol. The van der Waals surface area contributed by atoms with Gasteiger partial charge in [-0.15, -0.1) is 11.8 Å². The molecule has 0 saturated carbocycles. The molecule has 4 rings (SSSR count). The van der Waals surface area contributed by atoms with Crippen LogP contribution in [0.15, 0.2) is 48.0 Å². The summed E-state index contributed by atoms with van der Waals surface area (Å²) in [5.41, 5.74) is 3.90. The van der Waals surface area contributed by atoms with Crippen molar-refractivity contribution in [3.63, 3.8) is 0 Å². The zero-order valence-corrected chi connectivity index (χ0v) is 13.0. The summed E-state index contributed by atoms with van der Waals surface area (Å²) >= 11 is 1.77. The van der Waals surface area contributed by atoms with Gasteiger partial charge in [0.25, 0.3) is 0 Å². The number of nitrogens with zero attached hydrogens (tertiary/aromatic N) is 5. The van der Waals surface area contributed by atoms with E-state index in [1.54, 1.807) is 24.4 Å². The fourth-order valence-electron chi connectivity index (χ4n) is 2.68. The lowest BCUT2D eigenvalue weighted by Crippen LogP contribution is -2.07. The lowest BCUT2D eigenvalue weighted by molar-refractivity contribution is 0.762. The van der Waals surface area contributed by atoms with Gasteiger partial charge in [-0.1, -0.05) is 30.3 Å². The van der Waals surface area contributed by atoms with Crippen molar-refractivity contribution in [2.75, 3.05) is 5.75 Å². The van der Waals surface area contributed by atoms with Crippen LogP contribution in [0.5, 0.6) is 0 Å². The molecule has 0 fully saturated rings. The third-order valence-corrected chi connectivity index (χ3v) is 4.86. The van der Waals surface area contributed by atoms with Crippen molar-refractivity contribution in [3.05, 3.63) is 54.2 Å². The molecular formula is C16H15N5S. The first-order chi connectivity index (χ1) is 10.8. The van der Waals surface area contributed by atoms with E-state index in [0.29, 0.717) is 6.04 Å². The molecule has 1 atom stereocenters. The lowest BCUT2D eigenvalue weighted by atomic mass is 10.1. The monoisotopic (exact) mass is 309 g/mol. The summed E-state index contributed by atoms with van der Waals surface area (Å²) < 4.78 is 1.96. The van der Waals surface area contributed by atoms with E-state index < -0.39 is 0 Å². The Kier molecular flexibility index (Phi) is 3.38. The number of aliphatic imine (C=N–C) groups is 1. The van der Waals surface area contributed by atoms with Gasteiger partial charge in [-0.05, 0) is 12.0 Å². The Morgan fingerprint density at radius 2 is 2.05 bits per heavy atom. The van der Waals surface area contributed by atoms with Crippen molar-refractivity contribution in [2.24, 2.45) is 12.0 Å². The van der Waals surface area contributed by atoms with Crippen LogP contribution in [0.4, 0.5) is 0 Å². The molecule has 0 radical (unpaired) electrons. The van der Waals surface area contributed by atoms with E-state index in [2.05, 4.69) is 39.2 Å². The molecule has 0 bridgehead atoms. The number of benzene rings is 1. The Morgan fingerprint density at radius 1 is 1.18 bits per heavy atom. The maximum atomic E-state index is 4.87. The zero-order valence-electron chi connectivity index (χ0n) is 12.2. The molecule has 0 saturated heterocycles. The largest absolute Gasteiger partial charge is 0.330 e. The van der Waals surface area contributed by atoms with E-state index >= 15 is 0 Å². The van der Waals surface area contributed by atoms with Crippen molar-refractivity contribution in [1.29, 1.82) is 0 Å². The summed E-state index contributed by atoms with van der Waals surface area (Å²) in [7, 11) is 1.96. The predicted molar refractivity (Wildman–Crippen MR) is 89.2 cm³/mol. The highest BCUT2D eigenvalue weighted by Gasteiger charge is 2.23. The minimum absolute atomic E-state index is 0.306. The van der Waals surface area contributed by atoms with Crippen molar-refractivity contribution < 1.29 is 0 Å². The molecule has 3 aromatic rings. The average Bonchev–Trinajstić information content (AvgIpc) is 3.16. The third-order valence-electron chi connectivity index (χ3n) is 3.74. The molecule has 5 nitrogen and oxygen atoms in total. The van der Waals surface area contributed by atoms with Crippen molar-refractivity contribution >= 4 is 28.0 Å². The molecule has 1 aromatic carbocycles. The Morgan fingerprint density at radius 3 is 2.91 bits per heavy atom. The Balaban J connectivity index is 1.65. The minimum atomic E-state index is 0.306. The smallest absolute Gasteiger partial charge is 0.181 e. The number of aromatic nitrogens is 4. The molecule has 1 aliphatic heterocycles. The molecule has 6 heteroatoms. The molecule has 22 heavy (non-hydrogen) atoms. The molecule has 1 aliphatic rings. The highest BCUT2D eigenvalue weighted by atomic mass is 32.2. The van der Waals surface area contributed by atoms with Crippen molar-refractivity contribution in [1.82, 2.24) is 19.5 Å². The zero-order chi connectivity index (χ0) is 14.9. The topological polar surface area (TPSA) is 56.0 Å². The van der Waals surface area contributed by atoms with E-state index in [-0.39, 0.29) is 0 Å². The van der Waals surface area contributed by atoms with Gasteiger partial charge in [0, 0.05) is 12.8 Å². The second kappa shape index (κ2) is 5.53. The third kappa shape index (κ3) is 2.39. The van der Waals surface area contributed by atoms with Crippen molar-refractivity contribution in [2.45, 2.75) is 12.5 Å². The predicted octanol–water partition coefficient (Wildman–Crippen LogP) is 2.47. The Hall–Kier alpha value is -2.21. The van der Waals surface area contributed by atoms with E-state index in [4.69, 9.17) is 4.99 Å². The van der Waals surface area contributed by atoms with Gasteiger partial charge in [0.05, 0.1) is 12.4 Å². The van der Waals surface area contributed by atoms with Gasteiger partial charge in [-0.3, -0.25) is 4.99 Å². The van der Waals surface area contributed by atoms with E-state index in [1.165, 1.54) is 5.56 Å². The second-order valence-electron chi connectivity index (χ2n) is 5.34. The number of fused-ring (bicyclic) bond motifs is 1. The molecule has 0 spiro atoms. The van der Waals surface area contributed by atoms with Crippen LogP contribution in [0.3, 0.4) is 0 Å². The molecule has 2 aromatic heterocycles. The highest BCUT2D eigenvalue weighted by Crippen LogP contribution is 2.27. The maximum Gasteiger partial charge on any atom is 0.181 e. The van der Waals surface area contributed by atoms with Crippen LogP contribution in [0.25, 0.3) is 11.2 Å². The normalized spacial score (nSPS) is 17.9. The molecule has 3 heterocycles. The summed E-state index contributed by atoms with van der Waals surface area (Å²) in [6.07, 6.45) is 4.31. The van der Waals surface area contributed by atoms with Crippen LogP contribution in [0.1, 0.15) is 11.3 Å². The molecule has 0 amide bonds. The van der Waals surface area contributed by atoms with Gasteiger partial charge in [0.15, 0.2) is 5.65 Å². The van der Waals surface area contributed by atoms with Gasteiger partial charge in [-0.2, -0.15) is 0 Å². The number of aryl methyl sites for hydroxylation is 1. The number of thioether (sulfide) groups is 1. The van der Waals surface area contributed by atoms with Gasteiger partial charge >= 0.3 is 0 Å². The van der Waals surface area contributed by atoms with Crippen molar-refractivity contribution in [3.8, 4) is 0 Å². The van der Waals surface area contributed by atoms with Crippen LogP contribution < -0.4 is 0 Å². The number of hydrogen-bond acceptors (Lipinski definition) is 5. The van der Waals surface area contributed by atoms with Gasteiger partial charge in [-0.25, -0.2) is 15.0 Å². The van der Waals surface area contributed by atoms with E-state index in [0.717, 1.165) is 34.1 Å². The van der Waals surface area contributed by atoms with E-state index in [9.17, 15) is 0 Å². The molecule has 0 N–H and O–H groups in total. The van der Waals surface area contributed by atoms with E-state index in [1.807, 2.05) is 17.7 Å². The fraction of sp³-hybridized carbons (Fsp3) is 0.250. The standard InChI is InChI=1S/C16H15N5S/c1-21-10-19-15-14(21)13(17-9-18-15)16-20-12(8-22-16)7-11-5-3-2-4-6-11/h2-6,9-10,12H,7-8H2,1H3. The number of imidazole rings is 1. The Labute approximate surface area is 132 Å². The molecule has 110 valence electrons. The van der Waals surface area contributed by atoms with Crippen LogP contribution in [0.2, 0.25) is 0 Å². The summed E-state index contributed by atoms with van der Waals surface area (Å²) in [6.45, 7) is 0. The van der Waals surface area contributed by atoms with Crippen LogP contribution in [-0.4, -0.2) is 36.4 Å². The fourth-order valence-corrected chi connectivity index (χ4v) is 3.73. The first-order valence-corrected chi connectivity index (χ1v) is 8.17.